The summed E-state index contributed by atoms with van der Waals surface area (Å²) in [6.45, 7) is 3.56. The van der Waals surface area contributed by atoms with E-state index in [4.69, 9.17) is 0 Å². The number of para-hydroxylation sites is 1. The summed E-state index contributed by atoms with van der Waals surface area (Å²) in [5, 5.41) is 8.60. The molecule has 6 nitrogen and oxygen atoms in total. The summed E-state index contributed by atoms with van der Waals surface area (Å²) >= 11 is 0. The summed E-state index contributed by atoms with van der Waals surface area (Å²) in [4.78, 5) is 27.2. The zero-order chi connectivity index (χ0) is 15.0. The van der Waals surface area contributed by atoms with E-state index < -0.39 is 11.6 Å². The first-order chi connectivity index (χ1) is 10.0. The van der Waals surface area contributed by atoms with Crippen LogP contribution in [-0.4, -0.2) is 33.7 Å². The van der Waals surface area contributed by atoms with Crippen LogP contribution in [0.5, 0.6) is 0 Å². The number of aromatic nitrogens is 1. The van der Waals surface area contributed by atoms with Gasteiger partial charge in [-0.1, -0.05) is 25.1 Å². The SMILES string of the molecule is CCC1(C)NC(=O)N(/N=C/c2c[nH]c3ccccc23)C1=O. The summed E-state index contributed by atoms with van der Waals surface area (Å²) in [5.41, 5.74) is 0.945. The Bertz CT molecular complexity index is 749. The number of urea groups is 1. The third-order valence-electron chi connectivity index (χ3n) is 3.88. The van der Waals surface area contributed by atoms with Gasteiger partial charge in [0.1, 0.15) is 5.54 Å². The number of carbonyl (C=O) groups is 2. The topological polar surface area (TPSA) is 77.6 Å². The minimum absolute atomic E-state index is 0.328. The van der Waals surface area contributed by atoms with Crippen molar-refractivity contribution in [3.05, 3.63) is 36.0 Å². The van der Waals surface area contributed by atoms with Gasteiger partial charge in [0.2, 0.25) is 0 Å². The maximum Gasteiger partial charge on any atom is 0.346 e. The molecule has 1 atom stereocenters. The molecule has 1 aromatic heterocycles. The molecular weight excluding hydrogens is 268 g/mol. The average molecular weight is 284 g/mol. The average Bonchev–Trinajstić information content (AvgIpc) is 2.98. The van der Waals surface area contributed by atoms with Crippen LogP contribution in [0.1, 0.15) is 25.8 Å². The summed E-state index contributed by atoms with van der Waals surface area (Å²) < 4.78 is 0. The fourth-order valence-electron chi connectivity index (χ4n) is 2.33. The monoisotopic (exact) mass is 284 g/mol. The van der Waals surface area contributed by atoms with Crippen molar-refractivity contribution in [2.45, 2.75) is 25.8 Å². The van der Waals surface area contributed by atoms with Gasteiger partial charge in [0.05, 0.1) is 6.21 Å². The van der Waals surface area contributed by atoms with E-state index in [2.05, 4.69) is 15.4 Å². The van der Waals surface area contributed by atoms with Crippen LogP contribution >= 0.6 is 0 Å². The molecular formula is C15H16N4O2. The van der Waals surface area contributed by atoms with E-state index in [9.17, 15) is 9.59 Å². The van der Waals surface area contributed by atoms with Crippen molar-refractivity contribution in [3.63, 3.8) is 0 Å². The van der Waals surface area contributed by atoms with Gasteiger partial charge in [-0.05, 0) is 19.4 Å². The van der Waals surface area contributed by atoms with Gasteiger partial charge >= 0.3 is 6.03 Å². The Hall–Kier alpha value is -2.63. The number of imide groups is 1. The Labute approximate surface area is 121 Å². The van der Waals surface area contributed by atoms with Crippen LogP contribution in [0.15, 0.2) is 35.6 Å². The van der Waals surface area contributed by atoms with Crippen LogP contribution in [0.2, 0.25) is 0 Å². The Kier molecular flexibility index (Phi) is 3.01. The second-order valence-electron chi connectivity index (χ2n) is 5.27. The van der Waals surface area contributed by atoms with Crippen LogP contribution in [0, 0.1) is 0 Å². The third kappa shape index (κ3) is 2.08. The first-order valence-electron chi connectivity index (χ1n) is 6.82. The highest BCUT2D eigenvalue weighted by atomic mass is 16.2. The van der Waals surface area contributed by atoms with Gasteiger partial charge in [0, 0.05) is 22.7 Å². The number of nitrogens with one attached hydrogen (secondary N) is 2. The quantitative estimate of drug-likeness (QED) is 0.669. The molecule has 1 aliphatic rings. The maximum atomic E-state index is 12.2. The molecule has 0 aliphatic carbocycles. The first-order valence-corrected chi connectivity index (χ1v) is 6.82. The predicted molar refractivity (Wildman–Crippen MR) is 80.0 cm³/mol. The number of hydrogen-bond acceptors (Lipinski definition) is 3. The van der Waals surface area contributed by atoms with Gasteiger partial charge in [0.25, 0.3) is 5.91 Å². The zero-order valence-electron chi connectivity index (χ0n) is 11.9. The van der Waals surface area contributed by atoms with Crippen molar-refractivity contribution in [3.8, 4) is 0 Å². The minimum atomic E-state index is -0.866. The summed E-state index contributed by atoms with van der Waals surface area (Å²) in [6, 6.07) is 7.28. The Morgan fingerprint density at radius 1 is 1.33 bits per heavy atom. The number of aromatic amines is 1. The number of benzene rings is 1. The fraction of sp³-hybridized carbons (Fsp3) is 0.267. The lowest BCUT2D eigenvalue weighted by Gasteiger charge is -2.17. The van der Waals surface area contributed by atoms with Crippen molar-refractivity contribution in [2.75, 3.05) is 0 Å². The normalized spacial score (nSPS) is 22.5. The predicted octanol–water partition coefficient (Wildman–Crippen LogP) is 2.22. The number of hydrogen-bond donors (Lipinski definition) is 2. The van der Waals surface area contributed by atoms with E-state index in [0.717, 1.165) is 21.5 Å². The number of fused-ring (bicyclic) bond motifs is 1. The Balaban J connectivity index is 1.90. The van der Waals surface area contributed by atoms with E-state index in [1.807, 2.05) is 31.2 Å². The van der Waals surface area contributed by atoms with Crippen molar-refractivity contribution < 1.29 is 9.59 Å². The van der Waals surface area contributed by atoms with E-state index in [-0.39, 0.29) is 5.91 Å². The molecule has 1 aromatic carbocycles. The molecule has 0 spiro atoms. The molecule has 1 aliphatic heterocycles. The molecule has 0 saturated carbocycles. The van der Waals surface area contributed by atoms with Crippen LogP contribution in [0.4, 0.5) is 4.79 Å². The van der Waals surface area contributed by atoms with E-state index >= 15 is 0 Å². The van der Waals surface area contributed by atoms with E-state index in [0.29, 0.717) is 6.42 Å². The molecule has 1 unspecified atom stereocenters. The molecule has 2 heterocycles. The maximum absolute atomic E-state index is 12.2. The van der Waals surface area contributed by atoms with Gasteiger partial charge in [-0.3, -0.25) is 4.79 Å². The first kappa shape index (κ1) is 13.4. The molecule has 0 radical (unpaired) electrons. The molecule has 0 bridgehead atoms. The molecule has 108 valence electrons. The summed E-state index contributed by atoms with van der Waals surface area (Å²) in [5.74, 6) is -0.328. The molecule has 3 rings (SSSR count). The van der Waals surface area contributed by atoms with Gasteiger partial charge in [-0.2, -0.15) is 5.10 Å². The molecule has 21 heavy (non-hydrogen) atoms. The van der Waals surface area contributed by atoms with Crippen molar-refractivity contribution >= 4 is 29.1 Å². The lowest BCUT2D eigenvalue weighted by atomic mass is 10.00. The fourth-order valence-corrected chi connectivity index (χ4v) is 2.33. The van der Waals surface area contributed by atoms with Crippen molar-refractivity contribution in [1.29, 1.82) is 0 Å². The third-order valence-corrected chi connectivity index (χ3v) is 3.88. The highest BCUT2D eigenvalue weighted by Gasteiger charge is 2.46. The molecule has 3 amide bonds. The van der Waals surface area contributed by atoms with E-state index in [1.165, 1.54) is 6.21 Å². The standard InChI is InChI=1S/C15H16N4O2/c1-3-15(2)13(20)19(14(21)18-15)17-9-10-8-16-12-7-5-4-6-11(10)12/h4-9,16H,3H2,1-2H3,(H,18,21)/b17-9+. The smallest absolute Gasteiger partial charge is 0.346 e. The van der Waals surface area contributed by atoms with E-state index in [1.54, 1.807) is 13.1 Å². The van der Waals surface area contributed by atoms with Crippen LogP contribution < -0.4 is 5.32 Å². The molecule has 2 N–H and O–H groups in total. The number of carbonyl (C=O) groups excluding carboxylic acids is 2. The Morgan fingerprint density at radius 2 is 2.10 bits per heavy atom. The van der Waals surface area contributed by atoms with Gasteiger partial charge < -0.3 is 10.3 Å². The second kappa shape index (κ2) is 4.73. The van der Waals surface area contributed by atoms with Crippen molar-refractivity contribution in [2.24, 2.45) is 5.10 Å². The van der Waals surface area contributed by atoms with Crippen LogP contribution in [0.25, 0.3) is 10.9 Å². The molecule has 2 aromatic rings. The van der Waals surface area contributed by atoms with Gasteiger partial charge in [-0.15, -0.1) is 5.01 Å². The number of nitrogens with zero attached hydrogens (tertiary/aromatic N) is 2. The second-order valence-corrected chi connectivity index (χ2v) is 5.27. The highest BCUT2D eigenvalue weighted by Crippen LogP contribution is 2.21. The van der Waals surface area contributed by atoms with Crippen molar-refractivity contribution in [1.82, 2.24) is 15.3 Å². The molecule has 6 heteroatoms. The molecule has 1 fully saturated rings. The molecule has 1 saturated heterocycles. The van der Waals surface area contributed by atoms with Gasteiger partial charge in [0.15, 0.2) is 0 Å². The lowest BCUT2D eigenvalue weighted by molar-refractivity contribution is -0.130. The number of rotatable bonds is 3. The highest BCUT2D eigenvalue weighted by molar-refractivity contribution is 6.07. The summed E-state index contributed by atoms with van der Waals surface area (Å²) in [6.07, 6.45) is 3.85. The number of H-pyrrole nitrogens is 1. The largest absolute Gasteiger partial charge is 0.361 e. The number of hydrazone groups is 1. The van der Waals surface area contributed by atoms with Crippen LogP contribution in [-0.2, 0) is 4.79 Å². The van der Waals surface area contributed by atoms with Crippen LogP contribution in [0.3, 0.4) is 0 Å². The zero-order valence-corrected chi connectivity index (χ0v) is 11.9. The Morgan fingerprint density at radius 3 is 2.81 bits per heavy atom. The van der Waals surface area contributed by atoms with Gasteiger partial charge in [-0.25, -0.2) is 4.79 Å². The summed E-state index contributed by atoms with van der Waals surface area (Å²) in [7, 11) is 0. The lowest BCUT2D eigenvalue weighted by Crippen LogP contribution is -2.42. The minimum Gasteiger partial charge on any atom is -0.361 e. The number of amides is 3.